The summed E-state index contributed by atoms with van der Waals surface area (Å²) in [5.41, 5.74) is 2.47. The van der Waals surface area contributed by atoms with E-state index in [1.54, 1.807) is 12.1 Å². The monoisotopic (exact) mass is 333 g/mol. The molecular formula is C22H20FNO. The summed E-state index contributed by atoms with van der Waals surface area (Å²) < 4.78 is 19.5. The van der Waals surface area contributed by atoms with Crippen LogP contribution in [0.1, 0.15) is 23.6 Å². The van der Waals surface area contributed by atoms with Crippen LogP contribution in [-0.2, 0) is 0 Å². The largest absolute Gasteiger partial charge is 0.475 e. The number of rotatable bonds is 5. The predicted molar refractivity (Wildman–Crippen MR) is 96.9 cm³/mol. The van der Waals surface area contributed by atoms with E-state index in [2.05, 4.69) is 53.4 Å². The molecule has 3 aromatic rings. The first kappa shape index (κ1) is 15.9. The van der Waals surface area contributed by atoms with E-state index >= 15 is 0 Å². The topological polar surface area (TPSA) is 12.5 Å². The summed E-state index contributed by atoms with van der Waals surface area (Å²) in [6.07, 6.45) is 0.888. The number of ether oxygens (including phenoxy) is 1. The molecule has 25 heavy (non-hydrogen) atoms. The highest BCUT2D eigenvalue weighted by atomic mass is 19.1. The third-order valence-electron chi connectivity index (χ3n) is 4.63. The highest BCUT2D eigenvalue weighted by Gasteiger charge is 2.37. The standard InChI is InChI=1S/C22H20FNO/c23-19-12-7-13-20(16-19)25-21-14-15-24(21)22(17-8-3-1-4-9-17)18-10-5-2-6-11-18/h1-13,16,21-22H,14-15H2. The predicted octanol–water partition coefficient (Wildman–Crippen LogP) is 5.03. The summed E-state index contributed by atoms with van der Waals surface area (Å²) in [6.45, 7) is 0.953. The SMILES string of the molecule is Fc1cccc(OC2CCN2C(c2ccccc2)c2ccccc2)c1. The smallest absolute Gasteiger partial charge is 0.154 e. The van der Waals surface area contributed by atoms with Gasteiger partial charge in [0.2, 0.25) is 0 Å². The van der Waals surface area contributed by atoms with Crippen molar-refractivity contribution in [2.45, 2.75) is 18.7 Å². The van der Waals surface area contributed by atoms with Gasteiger partial charge in [-0.1, -0.05) is 66.7 Å². The van der Waals surface area contributed by atoms with E-state index in [4.69, 9.17) is 4.74 Å². The Balaban J connectivity index is 1.61. The minimum absolute atomic E-state index is 0.0489. The Hall–Kier alpha value is -2.65. The molecule has 3 aromatic carbocycles. The molecule has 1 atom stereocenters. The highest BCUT2D eigenvalue weighted by Crippen LogP contribution is 2.36. The molecule has 1 aliphatic heterocycles. The third kappa shape index (κ3) is 3.42. The van der Waals surface area contributed by atoms with Gasteiger partial charge in [-0.15, -0.1) is 0 Å². The molecule has 0 N–H and O–H groups in total. The lowest BCUT2D eigenvalue weighted by Gasteiger charge is -2.45. The number of hydrogen-bond acceptors (Lipinski definition) is 2. The van der Waals surface area contributed by atoms with Gasteiger partial charge in [0, 0.05) is 19.0 Å². The van der Waals surface area contributed by atoms with Crippen LogP contribution in [0.25, 0.3) is 0 Å². The average Bonchev–Trinajstić information content (AvgIpc) is 2.65. The Labute approximate surface area is 147 Å². The van der Waals surface area contributed by atoms with Gasteiger partial charge in [0.05, 0.1) is 6.04 Å². The van der Waals surface area contributed by atoms with E-state index in [1.165, 1.54) is 23.3 Å². The molecule has 1 aliphatic rings. The summed E-state index contributed by atoms with van der Waals surface area (Å²) in [4.78, 5) is 2.33. The van der Waals surface area contributed by atoms with E-state index in [-0.39, 0.29) is 18.1 Å². The first-order chi connectivity index (χ1) is 12.3. The number of nitrogens with zero attached hydrogens (tertiary/aromatic N) is 1. The molecule has 0 radical (unpaired) electrons. The number of hydrogen-bond donors (Lipinski definition) is 0. The molecule has 1 fully saturated rings. The van der Waals surface area contributed by atoms with Gasteiger partial charge in [0.1, 0.15) is 11.6 Å². The molecule has 126 valence electrons. The van der Waals surface area contributed by atoms with Crippen molar-refractivity contribution in [3.05, 3.63) is 102 Å². The number of halogens is 1. The lowest BCUT2D eigenvalue weighted by Crippen LogP contribution is -2.52. The molecule has 1 saturated heterocycles. The molecule has 0 saturated carbocycles. The van der Waals surface area contributed by atoms with Crippen LogP contribution in [-0.4, -0.2) is 17.7 Å². The van der Waals surface area contributed by atoms with Crippen molar-refractivity contribution in [1.82, 2.24) is 4.90 Å². The first-order valence-electron chi connectivity index (χ1n) is 8.59. The summed E-state index contributed by atoms with van der Waals surface area (Å²) in [7, 11) is 0. The molecule has 1 unspecified atom stereocenters. The Morgan fingerprint density at radius 2 is 1.48 bits per heavy atom. The minimum Gasteiger partial charge on any atom is -0.475 e. The second kappa shape index (κ2) is 7.08. The van der Waals surface area contributed by atoms with E-state index < -0.39 is 0 Å². The van der Waals surface area contributed by atoms with Gasteiger partial charge < -0.3 is 4.74 Å². The molecule has 0 bridgehead atoms. The van der Waals surface area contributed by atoms with Crippen LogP contribution in [0, 0.1) is 5.82 Å². The lowest BCUT2D eigenvalue weighted by atomic mass is 9.94. The van der Waals surface area contributed by atoms with Crippen LogP contribution in [0.5, 0.6) is 5.75 Å². The molecule has 4 rings (SSSR count). The Morgan fingerprint density at radius 1 is 0.840 bits per heavy atom. The van der Waals surface area contributed by atoms with Crippen molar-refractivity contribution in [2.75, 3.05) is 6.54 Å². The summed E-state index contributed by atoms with van der Waals surface area (Å²) in [6, 6.07) is 27.4. The van der Waals surface area contributed by atoms with Crippen molar-refractivity contribution in [3.63, 3.8) is 0 Å². The zero-order chi connectivity index (χ0) is 17.1. The van der Waals surface area contributed by atoms with Gasteiger partial charge in [-0.05, 0) is 23.3 Å². The molecule has 1 heterocycles. The van der Waals surface area contributed by atoms with Crippen molar-refractivity contribution in [2.24, 2.45) is 0 Å². The third-order valence-corrected chi connectivity index (χ3v) is 4.63. The zero-order valence-corrected chi connectivity index (χ0v) is 13.9. The van der Waals surface area contributed by atoms with Crippen LogP contribution >= 0.6 is 0 Å². The van der Waals surface area contributed by atoms with Gasteiger partial charge in [-0.3, -0.25) is 4.90 Å². The van der Waals surface area contributed by atoms with Gasteiger partial charge in [0.15, 0.2) is 6.23 Å². The van der Waals surface area contributed by atoms with Crippen molar-refractivity contribution < 1.29 is 9.13 Å². The minimum atomic E-state index is -0.272. The van der Waals surface area contributed by atoms with E-state index in [1.807, 2.05) is 12.1 Å². The van der Waals surface area contributed by atoms with Crippen LogP contribution in [0.2, 0.25) is 0 Å². The normalized spacial score (nSPS) is 17.3. The maximum atomic E-state index is 13.4. The van der Waals surface area contributed by atoms with Crippen molar-refractivity contribution in [1.29, 1.82) is 0 Å². The van der Waals surface area contributed by atoms with Crippen LogP contribution in [0.4, 0.5) is 4.39 Å². The number of benzene rings is 3. The van der Waals surface area contributed by atoms with Crippen LogP contribution in [0.3, 0.4) is 0 Å². The van der Waals surface area contributed by atoms with Gasteiger partial charge >= 0.3 is 0 Å². The Bertz CT molecular complexity index is 782. The van der Waals surface area contributed by atoms with Gasteiger partial charge in [-0.25, -0.2) is 4.39 Å². The molecular weight excluding hydrogens is 313 g/mol. The molecule has 0 amide bonds. The van der Waals surface area contributed by atoms with Crippen molar-refractivity contribution >= 4 is 0 Å². The fourth-order valence-corrected chi connectivity index (χ4v) is 3.35. The number of likely N-dealkylation sites (tertiary alicyclic amines) is 1. The summed E-state index contributed by atoms with van der Waals surface area (Å²) in [5, 5.41) is 0. The quantitative estimate of drug-likeness (QED) is 0.649. The fourth-order valence-electron chi connectivity index (χ4n) is 3.35. The Morgan fingerprint density at radius 3 is 2.00 bits per heavy atom. The zero-order valence-electron chi connectivity index (χ0n) is 13.9. The Kier molecular flexibility index (Phi) is 4.49. The molecule has 0 spiro atoms. The first-order valence-corrected chi connectivity index (χ1v) is 8.59. The second-order valence-corrected chi connectivity index (χ2v) is 6.28. The maximum absolute atomic E-state index is 13.4. The average molecular weight is 333 g/mol. The van der Waals surface area contributed by atoms with E-state index in [9.17, 15) is 4.39 Å². The summed E-state index contributed by atoms with van der Waals surface area (Å²) >= 11 is 0. The second-order valence-electron chi connectivity index (χ2n) is 6.28. The van der Waals surface area contributed by atoms with E-state index in [0.717, 1.165) is 13.0 Å². The molecule has 0 aromatic heterocycles. The highest BCUT2D eigenvalue weighted by molar-refractivity contribution is 5.32. The fraction of sp³-hybridized carbons (Fsp3) is 0.182. The van der Waals surface area contributed by atoms with Crippen molar-refractivity contribution in [3.8, 4) is 5.75 Å². The van der Waals surface area contributed by atoms with E-state index in [0.29, 0.717) is 5.75 Å². The lowest BCUT2D eigenvalue weighted by molar-refractivity contribution is -0.0741. The molecule has 2 nitrogen and oxygen atoms in total. The molecule has 0 aliphatic carbocycles. The molecule has 3 heteroatoms. The maximum Gasteiger partial charge on any atom is 0.154 e. The van der Waals surface area contributed by atoms with Crippen LogP contribution in [0.15, 0.2) is 84.9 Å². The van der Waals surface area contributed by atoms with Gasteiger partial charge in [-0.2, -0.15) is 0 Å². The van der Waals surface area contributed by atoms with Crippen LogP contribution < -0.4 is 4.74 Å². The van der Waals surface area contributed by atoms with Gasteiger partial charge in [0.25, 0.3) is 0 Å². The summed E-state index contributed by atoms with van der Waals surface area (Å²) in [5.74, 6) is 0.306.